The first kappa shape index (κ1) is 17.7. The number of nitrogens with zero attached hydrogens (tertiary/aromatic N) is 2. The van der Waals surface area contributed by atoms with Gasteiger partial charge in [-0.2, -0.15) is 0 Å². The normalized spacial score (nSPS) is 11.2. The van der Waals surface area contributed by atoms with Crippen LogP contribution < -0.4 is 16.0 Å². The van der Waals surface area contributed by atoms with E-state index in [4.69, 9.17) is 0 Å². The zero-order valence-corrected chi connectivity index (χ0v) is 13.9. The van der Waals surface area contributed by atoms with Gasteiger partial charge in [0, 0.05) is 32.9 Å². The number of pyridine rings is 1. The van der Waals surface area contributed by atoms with Gasteiger partial charge >= 0.3 is 0 Å². The summed E-state index contributed by atoms with van der Waals surface area (Å²) in [7, 11) is 1.73. The van der Waals surface area contributed by atoms with Crippen LogP contribution in [0, 0.1) is 5.82 Å². The molecule has 0 saturated carbocycles. The number of hydrogen-bond donors (Lipinski definition) is 3. The minimum atomic E-state index is -0.224. The smallest absolute Gasteiger partial charge is 0.191 e. The van der Waals surface area contributed by atoms with E-state index in [1.807, 2.05) is 24.3 Å². The van der Waals surface area contributed by atoms with Gasteiger partial charge in [0.2, 0.25) is 0 Å². The van der Waals surface area contributed by atoms with Crippen LogP contribution in [0.1, 0.15) is 18.4 Å². The molecule has 3 N–H and O–H groups in total. The maximum atomic E-state index is 13.1. The predicted octanol–water partition coefficient (Wildman–Crippen LogP) is 2.78. The van der Waals surface area contributed by atoms with Crippen LogP contribution in [-0.2, 0) is 6.54 Å². The monoisotopic (exact) mass is 329 g/mol. The lowest BCUT2D eigenvalue weighted by molar-refractivity contribution is 0.624. The van der Waals surface area contributed by atoms with E-state index in [-0.39, 0.29) is 5.82 Å². The third-order valence-corrected chi connectivity index (χ3v) is 3.44. The van der Waals surface area contributed by atoms with Crippen molar-refractivity contribution in [2.24, 2.45) is 4.99 Å². The van der Waals surface area contributed by atoms with Crippen LogP contribution in [-0.4, -0.2) is 31.1 Å². The standard InChI is InChI=1S/C18H24FN5/c1-20-18(24-14-15-7-6-8-16(19)13-15)23-12-5-4-11-22-17-9-2-3-10-21-17/h2-3,6-10,13H,4-5,11-12,14H2,1H3,(H,21,22)(H2,20,23,24). The molecule has 0 bridgehead atoms. The van der Waals surface area contributed by atoms with Gasteiger partial charge in [0.25, 0.3) is 0 Å². The summed E-state index contributed by atoms with van der Waals surface area (Å²) in [5, 5.41) is 9.71. The van der Waals surface area contributed by atoms with Crippen LogP contribution in [0.3, 0.4) is 0 Å². The molecule has 0 fully saturated rings. The van der Waals surface area contributed by atoms with Crippen molar-refractivity contribution < 1.29 is 4.39 Å². The number of nitrogens with one attached hydrogen (secondary N) is 3. The molecule has 0 saturated heterocycles. The van der Waals surface area contributed by atoms with Crippen molar-refractivity contribution in [3.63, 3.8) is 0 Å². The topological polar surface area (TPSA) is 61.3 Å². The molecule has 0 amide bonds. The molecule has 1 aromatic carbocycles. The fourth-order valence-corrected chi connectivity index (χ4v) is 2.19. The van der Waals surface area contributed by atoms with Gasteiger partial charge in [-0.3, -0.25) is 4.99 Å². The van der Waals surface area contributed by atoms with Crippen molar-refractivity contribution in [1.29, 1.82) is 0 Å². The highest BCUT2D eigenvalue weighted by Crippen LogP contribution is 2.03. The van der Waals surface area contributed by atoms with Crippen LogP contribution in [0.2, 0.25) is 0 Å². The fraction of sp³-hybridized carbons (Fsp3) is 0.333. The Balaban J connectivity index is 1.58. The first-order valence-corrected chi connectivity index (χ1v) is 8.12. The summed E-state index contributed by atoms with van der Waals surface area (Å²) < 4.78 is 13.1. The average molecular weight is 329 g/mol. The van der Waals surface area contributed by atoms with Gasteiger partial charge in [0.05, 0.1) is 0 Å². The first-order chi connectivity index (χ1) is 11.8. The number of rotatable bonds is 8. The van der Waals surface area contributed by atoms with Crippen molar-refractivity contribution in [2.45, 2.75) is 19.4 Å². The summed E-state index contributed by atoms with van der Waals surface area (Å²) in [5.41, 5.74) is 0.887. The van der Waals surface area contributed by atoms with E-state index in [0.29, 0.717) is 6.54 Å². The van der Waals surface area contributed by atoms with E-state index >= 15 is 0 Å². The number of aromatic nitrogens is 1. The summed E-state index contributed by atoms with van der Waals surface area (Å²) in [6, 6.07) is 12.4. The average Bonchev–Trinajstić information content (AvgIpc) is 2.61. The summed E-state index contributed by atoms with van der Waals surface area (Å²) in [5.74, 6) is 1.40. The maximum Gasteiger partial charge on any atom is 0.191 e. The summed E-state index contributed by atoms with van der Waals surface area (Å²) in [4.78, 5) is 8.38. The van der Waals surface area contributed by atoms with Crippen LogP contribution in [0.5, 0.6) is 0 Å². The lowest BCUT2D eigenvalue weighted by Crippen LogP contribution is -2.37. The Bertz CT molecular complexity index is 630. The van der Waals surface area contributed by atoms with E-state index in [1.54, 1.807) is 19.3 Å². The number of benzene rings is 1. The molecule has 0 atom stereocenters. The number of hydrogen-bond acceptors (Lipinski definition) is 3. The number of aliphatic imine (C=N–C) groups is 1. The van der Waals surface area contributed by atoms with Crippen LogP contribution >= 0.6 is 0 Å². The summed E-state index contributed by atoms with van der Waals surface area (Å²) in [6.45, 7) is 2.25. The Kier molecular flexibility index (Phi) is 7.53. The van der Waals surface area contributed by atoms with E-state index in [0.717, 1.165) is 43.3 Å². The zero-order valence-electron chi connectivity index (χ0n) is 13.9. The molecule has 24 heavy (non-hydrogen) atoms. The van der Waals surface area contributed by atoms with Gasteiger partial charge in [-0.15, -0.1) is 0 Å². The van der Waals surface area contributed by atoms with Gasteiger partial charge in [-0.25, -0.2) is 9.37 Å². The Hall–Kier alpha value is -2.63. The van der Waals surface area contributed by atoms with Crippen molar-refractivity contribution in [2.75, 3.05) is 25.5 Å². The molecule has 0 aliphatic carbocycles. The van der Waals surface area contributed by atoms with E-state index in [2.05, 4.69) is 25.9 Å². The van der Waals surface area contributed by atoms with Gasteiger partial charge in [0.1, 0.15) is 11.6 Å². The molecule has 1 heterocycles. The third kappa shape index (κ3) is 6.64. The molecule has 0 radical (unpaired) electrons. The van der Waals surface area contributed by atoms with Crippen molar-refractivity contribution >= 4 is 11.8 Å². The highest BCUT2D eigenvalue weighted by molar-refractivity contribution is 5.79. The lowest BCUT2D eigenvalue weighted by atomic mass is 10.2. The lowest BCUT2D eigenvalue weighted by Gasteiger charge is -2.12. The van der Waals surface area contributed by atoms with Gasteiger partial charge in [0.15, 0.2) is 5.96 Å². The predicted molar refractivity (Wildman–Crippen MR) is 96.6 cm³/mol. The molecule has 2 aromatic rings. The Morgan fingerprint density at radius 2 is 1.96 bits per heavy atom. The van der Waals surface area contributed by atoms with Gasteiger partial charge < -0.3 is 16.0 Å². The molecule has 2 rings (SSSR count). The highest BCUT2D eigenvalue weighted by atomic mass is 19.1. The minimum Gasteiger partial charge on any atom is -0.370 e. The minimum absolute atomic E-state index is 0.224. The third-order valence-electron chi connectivity index (χ3n) is 3.44. The molecule has 0 spiro atoms. The molecule has 0 aliphatic heterocycles. The Morgan fingerprint density at radius 1 is 1.08 bits per heavy atom. The van der Waals surface area contributed by atoms with Crippen molar-refractivity contribution in [3.05, 3.63) is 60.0 Å². The summed E-state index contributed by atoms with van der Waals surface area (Å²) in [6.07, 6.45) is 3.82. The Labute approximate surface area is 142 Å². The molecule has 1 aromatic heterocycles. The molecule has 5 nitrogen and oxygen atoms in total. The SMILES string of the molecule is CN=C(NCCCCNc1ccccn1)NCc1cccc(F)c1. The largest absolute Gasteiger partial charge is 0.370 e. The molecular weight excluding hydrogens is 305 g/mol. The van der Waals surface area contributed by atoms with Gasteiger partial charge in [-0.05, 0) is 42.7 Å². The second kappa shape index (κ2) is 10.2. The summed E-state index contributed by atoms with van der Waals surface area (Å²) >= 11 is 0. The second-order valence-corrected chi connectivity index (χ2v) is 5.33. The molecule has 6 heteroatoms. The zero-order chi connectivity index (χ0) is 17.0. The number of halogens is 1. The number of anilines is 1. The molecule has 128 valence electrons. The number of unbranched alkanes of at least 4 members (excludes halogenated alkanes) is 1. The highest BCUT2D eigenvalue weighted by Gasteiger charge is 1.99. The molecular formula is C18H24FN5. The Morgan fingerprint density at radius 3 is 2.71 bits per heavy atom. The van der Waals surface area contributed by atoms with Gasteiger partial charge in [-0.1, -0.05) is 18.2 Å². The second-order valence-electron chi connectivity index (χ2n) is 5.33. The quantitative estimate of drug-likeness (QED) is 0.396. The maximum absolute atomic E-state index is 13.1. The molecule has 0 unspecified atom stereocenters. The van der Waals surface area contributed by atoms with E-state index in [1.165, 1.54) is 12.1 Å². The van der Waals surface area contributed by atoms with Crippen molar-refractivity contribution in [1.82, 2.24) is 15.6 Å². The van der Waals surface area contributed by atoms with E-state index < -0.39 is 0 Å². The molecule has 0 aliphatic rings. The van der Waals surface area contributed by atoms with Crippen molar-refractivity contribution in [3.8, 4) is 0 Å². The fourth-order valence-electron chi connectivity index (χ4n) is 2.19. The van der Waals surface area contributed by atoms with Crippen LogP contribution in [0.15, 0.2) is 53.7 Å². The van der Waals surface area contributed by atoms with E-state index in [9.17, 15) is 4.39 Å². The number of guanidine groups is 1. The van der Waals surface area contributed by atoms with Crippen LogP contribution in [0.4, 0.5) is 10.2 Å². The first-order valence-electron chi connectivity index (χ1n) is 8.12. The van der Waals surface area contributed by atoms with Crippen LogP contribution in [0.25, 0.3) is 0 Å².